The van der Waals surface area contributed by atoms with E-state index >= 15 is 0 Å². The number of aryl methyl sites for hydroxylation is 1. The summed E-state index contributed by atoms with van der Waals surface area (Å²) in [5.74, 6) is 1.45. The monoisotopic (exact) mass is 252 g/mol. The van der Waals surface area contributed by atoms with Crippen LogP contribution < -0.4 is 5.32 Å². The normalized spacial score (nSPS) is 20.8. The molecule has 2 heterocycles. The summed E-state index contributed by atoms with van der Waals surface area (Å²) in [7, 11) is 0. The zero-order valence-corrected chi connectivity index (χ0v) is 11.7. The summed E-state index contributed by atoms with van der Waals surface area (Å²) in [6.07, 6.45) is 3.49. The Morgan fingerprint density at radius 3 is 2.78 bits per heavy atom. The SMILES string of the molecule is CCC1(CC)CN(Cc2nc(C)no2)CCCN1. The minimum atomic E-state index is 0.242. The molecule has 0 amide bonds. The predicted octanol–water partition coefficient (Wildman–Crippen LogP) is 1.73. The molecule has 1 aliphatic heterocycles. The van der Waals surface area contributed by atoms with E-state index in [0.717, 1.165) is 50.7 Å². The van der Waals surface area contributed by atoms with Crippen molar-refractivity contribution in [2.45, 2.75) is 52.1 Å². The molecule has 5 heteroatoms. The Labute approximate surface area is 109 Å². The van der Waals surface area contributed by atoms with Crippen molar-refractivity contribution in [3.05, 3.63) is 11.7 Å². The lowest BCUT2D eigenvalue weighted by Crippen LogP contribution is -2.50. The van der Waals surface area contributed by atoms with E-state index in [1.807, 2.05) is 6.92 Å². The Bertz CT molecular complexity index is 373. The second-order valence-electron chi connectivity index (χ2n) is 5.21. The lowest BCUT2D eigenvalue weighted by atomic mass is 9.92. The summed E-state index contributed by atoms with van der Waals surface area (Å²) >= 11 is 0. The molecule has 5 nitrogen and oxygen atoms in total. The minimum absolute atomic E-state index is 0.242. The van der Waals surface area contributed by atoms with Crippen LogP contribution in [0.3, 0.4) is 0 Å². The van der Waals surface area contributed by atoms with Crippen LogP contribution in [0.5, 0.6) is 0 Å². The molecule has 18 heavy (non-hydrogen) atoms. The molecule has 0 atom stereocenters. The van der Waals surface area contributed by atoms with Gasteiger partial charge < -0.3 is 9.84 Å². The van der Waals surface area contributed by atoms with Crippen LogP contribution in [0.4, 0.5) is 0 Å². The van der Waals surface area contributed by atoms with Crippen LogP contribution in [0.2, 0.25) is 0 Å². The average Bonchev–Trinajstić information content (AvgIpc) is 2.66. The van der Waals surface area contributed by atoms with Crippen LogP contribution in [-0.2, 0) is 6.54 Å². The lowest BCUT2D eigenvalue weighted by molar-refractivity contribution is 0.173. The summed E-state index contributed by atoms with van der Waals surface area (Å²) < 4.78 is 5.22. The fraction of sp³-hybridized carbons (Fsp3) is 0.846. The van der Waals surface area contributed by atoms with Gasteiger partial charge in [0, 0.05) is 12.1 Å². The third-order valence-corrected chi connectivity index (χ3v) is 3.96. The zero-order chi connectivity index (χ0) is 13.0. The summed E-state index contributed by atoms with van der Waals surface area (Å²) in [4.78, 5) is 6.73. The van der Waals surface area contributed by atoms with Crippen molar-refractivity contribution in [2.75, 3.05) is 19.6 Å². The fourth-order valence-corrected chi connectivity index (χ4v) is 2.67. The van der Waals surface area contributed by atoms with E-state index in [4.69, 9.17) is 4.52 Å². The highest BCUT2D eigenvalue weighted by Crippen LogP contribution is 2.20. The van der Waals surface area contributed by atoms with Crippen LogP contribution >= 0.6 is 0 Å². The van der Waals surface area contributed by atoms with E-state index in [1.54, 1.807) is 0 Å². The molecule has 102 valence electrons. The van der Waals surface area contributed by atoms with Gasteiger partial charge in [0.15, 0.2) is 5.82 Å². The van der Waals surface area contributed by atoms with Gasteiger partial charge in [0.25, 0.3) is 0 Å². The Kier molecular flexibility index (Phi) is 4.35. The van der Waals surface area contributed by atoms with E-state index in [2.05, 4.69) is 34.2 Å². The number of aromatic nitrogens is 2. The third kappa shape index (κ3) is 3.09. The van der Waals surface area contributed by atoms with Crippen LogP contribution in [0, 0.1) is 6.92 Å². The number of nitrogens with one attached hydrogen (secondary N) is 1. The van der Waals surface area contributed by atoms with Gasteiger partial charge >= 0.3 is 0 Å². The highest BCUT2D eigenvalue weighted by Gasteiger charge is 2.30. The van der Waals surface area contributed by atoms with Gasteiger partial charge in [-0.2, -0.15) is 4.98 Å². The second kappa shape index (κ2) is 5.80. The maximum Gasteiger partial charge on any atom is 0.240 e. The highest BCUT2D eigenvalue weighted by molar-refractivity contribution is 4.92. The van der Waals surface area contributed by atoms with Crippen LogP contribution in [0.1, 0.15) is 44.8 Å². The third-order valence-electron chi connectivity index (χ3n) is 3.96. The number of rotatable bonds is 4. The first-order valence-electron chi connectivity index (χ1n) is 6.94. The standard InChI is InChI=1S/C13H24N4O/c1-4-13(5-2)10-17(8-6-7-14-13)9-12-15-11(3)16-18-12/h14H,4-10H2,1-3H3. The summed E-state index contributed by atoms with van der Waals surface area (Å²) in [6.45, 7) is 10.4. The molecule has 1 saturated heterocycles. The molecule has 0 aromatic carbocycles. The fourth-order valence-electron chi connectivity index (χ4n) is 2.67. The van der Waals surface area contributed by atoms with Gasteiger partial charge in [0.05, 0.1) is 6.54 Å². The first-order valence-corrected chi connectivity index (χ1v) is 6.94. The van der Waals surface area contributed by atoms with Gasteiger partial charge in [-0.1, -0.05) is 19.0 Å². The summed E-state index contributed by atoms with van der Waals surface area (Å²) in [5, 5.41) is 7.56. The zero-order valence-electron chi connectivity index (χ0n) is 11.7. The molecule has 0 aliphatic carbocycles. The van der Waals surface area contributed by atoms with Gasteiger partial charge in [0.1, 0.15) is 0 Å². The second-order valence-corrected chi connectivity index (χ2v) is 5.21. The first-order chi connectivity index (χ1) is 8.67. The number of hydrogen-bond acceptors (Lipinski definition) is 5. The van der Waals surface area contributed by atoms with Gasteiger partial charge in [-0.3, -0.25) is 4.90 Å². The molecule has 1 aliphatic rings. The van der Waals surface area contributed by atoms with Crippen molar-refractivity contribution in [3.63, 3.8) is 0 Å². The van der Waals surface area contributed by atoms with Crippen molar-refractivity contribution in [1.82, 2.24) is 20.4 Å². The van der Waals surface area contributed by atoms with E-state index in [1.165, 1.54) is 6.42 Å². The van der Waals surface area contributed by atoms with Gasteiger partial charge in [-0.25, -0.2) is 0 Å². The maximum atomic E-state index is 5.22. The number of hydrogen-bond donors (Lipinski definition) is 1. The van der Waals surface area contributed by atoms with Crippen molar-refractivity contribution < 1.29 is 4.52 Å². The highest BCUT2D eigenvalue weighted by atomic mass is 16.5. The Morgan fingerprint density at radius 2 is 2.17 bits per heavy atom. The van der Waals surface area contributed by atoms with Crippen molar-refractivity contribution in [3.8, 4) is 0 Å². The van der Waals surface area contributed by atoms with Gasteiger partial charge in [-0.05, 0) is 39.3 Å². The van der Waals surface area contributed by atoms with Crippen molar-refractivity contribution >= 4 is 0 Å². The lowest BCUT2D eigenvalue weighted by Gasteiger charge is -2.35. The molecule has 0 unspecified atom stereocenters. The van der Waals surface area contributed by atoms with Crippen LogP contribution in [-0.4, -0.2) is 40.2 Å². The molecular weight excluding hydrogens is 228 g/mol. The quantitative estimate of drug-likeness (QED) is 0.884. The largest absolute Gasteiger partial charge is 0.338 e. The molecule has 1 N–H and O–H groups in total. The van der Waals surface area contributed by atoms with Crippen LogP contribution in [0.15, 0.2) is 4.52 Å². The maximum absolute atomic E-state index is 5.22. The molecule has 0 bridgehead atoms. The smallest absolute Gasteiger partial charge is 0.240 e. The van der Waals surface area contributed by atoms with Crippen LogP contribution in [0.25, 0.3) is 0 Å². The Balaban J connectivity index is 2.03. The summed E-state index contributed by atoms with van der Waals surface area (Å²) in [5.41, 5.74) is 0.242. The minimum Gasteiger partial charge on any atom is -0.338 e. The molecule has 1 aromatic heterocycles. The molecule has 1 fully saturated rings. The first kappa shape index (κ1) is 13.5. The summed E-state index contributed by atoms with van der Waals surface area (Å²) in [6, 6.07) is 0. The average molecular weight is 252 g/mol. The van der Waals surface area contributed by atoms with E-state index in [9.17, 15) is 0 Å². The Morgan fingerprint density at radius 1 is 1.39 bits per heavy atom. The van der Waals surface area contributed by atoms with Gasteiger partial charge in [0.2, 0.25) is 5.89 Å². The Hall–Kier alpha value is -0.940. The topological polar surface area (TPSA) is 54.2 Å². The van der Waals surface area contributed by atoms with E-state index in [0.29, 0.717) is 0 Å². The molecule has 0 radical (unpaired) electrons. The van der Waals surface area contributed by atoms with Crippen molar-refractivity contribution in [1.29, 1.82) is 0 Å². The van der Waals surface area contributed by atoms with E-state index < -0.39 is 0 Å². The molecular formula is C13H24N4O. The molecule has 2 rings (SSSR count). The van der Waals surface area contributed by atoms with Crippen molar-refractivity contribution in [2.24, 2.45) is 0 Å². The van der Waals surface area contributed by atoms with E-state index in [-0.39, 0.29) is 5.54 Å². The number of nitrogens with zero attached hydrogens (tertiary/aromatic N) is 3. The molecule has 0 spiro atoms. The molecule has 1 aromatic rings. The van der Waals surface area contributed by atoms with Gasteiger partial charge in [-0.15, -0.1) is 0 Å². The predicted molar refractivity (Wildman–Crippen MR) is 70.2 cm³/mol. The molecule has 0 saturated carbocycles.